The van der Waals surface area contributed by atoms with E-state index in [1.54, 1.807) is 12.4 Å². The molecule has 2 rings (SSSR count). The Morgan fingerprint density at radius 2 is 1.16 bits per heavy atom. The van der Waals surface area contributed by atoms with E-state index in [4.69, 9.17) is 0 Å². The normalized spacial score (nSPS) is 8.63. The van der Waals surface area contributed by atoms with E-state index >= 15 is 0 Å². The smallest absolute Gasteiger partial charge is 0.0541 e. The molecule has 0 saturated carbocycles. The largest absolute Gasteiger partial charge is 0.306 e. The first-order valence-electron chi connectivity index (χ1n) is 6.96. The predicted molar refractivity (Wildman–Crippen MR) is 81.7 cm³/mol. The second-order valence-electron chi connectivity index (χ2n) is 3.25. The van der Waals surface area contributed by atoms with E-state index in [1.165, 1.54) is 0 Å². The van der Waals surface area contributed by atoms with Crippen molar-refractivity contribution in [2.24, 2.45) is 0 Å². The number of hydrogen-bond donors (Lipinski definition) is 1. The van der Waals surface area contributed by atoms with Crippen molar-refractivity contribution in [1.82, 2.24) is 15.3 Å². The fraction of sp³-hybridized carbons (Fsp3) is 0.375. The standard InChI is InChI=1S/C12H13N3.2C2H6/c1-3-7-14-11(5-1)9-13-10-12-6-2-4-8-15-12;2*1-2/h1-8,13H,9-10H2;2*1-2H3. The van der Waals surface area contributed by atoms with E-state index in [0.717, 1.165) is 24.5 Å². The van der Waals surface area contributed by atoms with Crippen LogP contribution in [0.25, 0.3) is 0 Å². The van der Waals surface area contributed by atoms with Crippen molar-refractivity contribution < 1.29 is 0 Å². The van der Waals surface area contributed by atoms with Gasteiger partial charge < -0.3 is 5.32 Å². The van der Waals surface area contributed by atoms with E-state index in [1.807, 2.05) is 64.1 Å². The molecular formula is C16H25N3. The van der Waals surface area contributed by atoms with E-state index in [9.17, 15) is 0 Å². The minimum atomic E-state index is 0.775. The fourth-order valence-corrected chi connectivity index (χ4v) is 1.32. The third-order valence-electron chi connectivity index (χ3n) is 2.06. The van der Waals surface area contributed by atoms with Crippen molar-refractivity contribution in [3.63, 3.8) is 0 Å². The van der Waals surface area contributed by atoms with Gasteiger partial charge in [-0.05, 0) is 24.3 Å². The average Bonchev–Trinajstić information content (AvgIpc) is 2.53. The number of rotatable bonds is 4. The van der Waals surface area contributed by atoms with Gasteiger partial charge in [-0.25, -0.2) is 0 Å². The summed E-state index contributed by atoms with van der Waals surface area (Å²) in [6.45, 7) is 9.55. The molecule has 2 heterocycles. The van der Waals surface area contributed by atoms with Crippen molar-refractivity contribution >= 4 is 0 Å². The number of nitrogens with zero attached hydrogens (tertiary/aromatic N) is 2. The van der Waals surface area contributed by atoms with Gasteiger partial charge in [0.1, 0.15) is 0 Å². The summed E-state index contributed by atoms with van der Waals surface area (Å²) in [7, 11) is 0. The zero-order valence-electron chi connectivity index (χ0n) is 12.4. The maximum absolute atomic E-state index is 4.23. The Balaban J connectivity index is 0.000000741. The highest BCUT2D eigenvalue weighted by Crippen LogP contribution is 1.95. The van der Waals surface area contributed by atoms with Crippen molar-refractivity contribution in [1.29, 1.82) is 0 Å². The maximum atomic E-state index is 4.23. The van der Waals surface area contributed by atoms with Crippen LogP contribution in [0.15, 0.2) is 48.8 Å². The molecular weight excluding hydrogens is 234 g/mol. The first-order chi connectivity index (χ1) is 9.45. The molecule has 0 atom stereocenters. The zero-order chi connectivity index (χ0) is 14.3. The molecule has 0 aliphatic heterocycles. The number of hydrogen-bond acceptors (Lipinski definition) is 3. The topological polar surface area (TPSA) is 37.8 Å². The van der Waals surface area contributed by atoms with Crippen LogP contribution in [0.2, 0.25) is 0 Å². The van der Waals surface area contributed by atoms with Crippen molar-refractivity contribution in [3.05, 3.63) is 60.2 Å². The Labute approximate surface area is 117 Å². The predicted octanol–water partition coefficient (Wildman–Crippen LogP) is 3.82. The molecule has 3 nitrogen and oxygen atoms in total. The SMILES string of the molecule is CC.CC.c1ccc(CNCc2ccccn2)nc1. The first-order valence-corrected chi connectivity index (χ1v) is 6.96. The summed E-state index contributed by atoms with van der Waals surface area (Å²) in [4.78, 5) is 8.45. The van der Waals surface area contributed by atoms with Gasteiger partial charge in [0.15, 0.2) is 0 Å². The molecule has 19 heavy (non-hydrogen) atoms. The monoisotopic (exact) mass is 259 g/mol. The van der Waals surface area contributed by atoms with E-state index in [0.29, 0.717) is 0 Å². The van der Waals surface area contributed by atoms with Crippen molar-refractivity contribution in [2.45, 2.75) is 40.8 Å². The van der Waals surface area contributed by atoms with Crippen LogP contribution in [0, 0.1) is 0 Å². The van der Waals surface area contributed by atoms with Crippen LogP contribution in [-0.2, 0) is 13.1 Å². The molecule has 104 valence electrons. The lowest BCUT2D eigenvalue weighted by molar-refractivity contribution is 0.667. The summed E-state index contributed by atoms with van der Waals surface area (Å²) in [5.41, 5.74) is 2.10. The third-order valence-corrected chi connectivity index (χ3v) is 2.06. The van der Waals surface area contributed by atoms with Gasteiger partial charge in [0.25, 0.3) is 0 Å². The number of aromatic nitrogens is 2. The van der Waals surface area contributed by atoms with Crippen LogP contribution in [-0.4, -0.2) is 9.97 Å². The van der Waals surface area contributed by atoms with E-state index in [2.05, 4.69) is 15.3 Å². The molecule has 0 radical (unpaired) electrons. The lowest BCUT2D eigenvalue weighted by Crippen LogP contribution is -2.14. The molecule has 0 unspecified atom stereocenters. The minimum absolute atomic E-state index is 0.775. The Morgan fingerprint density at radius 1 is 0.737 bits per heavy atom. The van der Waals surface area contributed by atoms with Crippen LogP contribution in [0.1, 0.15) is 39.1 Å². The van der Waals surface area contributed by atoms with Gasteiger partial charge in [-0.1, -0.05) is 39.8 Å². The van der Waals surface area contributed by atoms with Gasteiger partial charge in [0, 0.05) is 25.5 Å². The van der Waals surface area contributed by atoms with Crippen LogP contribution in [0.4, 0.5) is 0 Å². The molecule has 0 aliphatic carbocycles. The maximum Gasteiger partial charge on any atom is 0.0541 e. The lowest BCUT2D eigenvalue weighted by Gasteiger charge is -2.03. The van der Waals surface area contributed by atoms with E-state index in [-0.39, 0.29) is 0 Å². The molecule has 0 aliphatic rings. The number of nitrogens with one attached hydrogen (secondary N) is 1. The molecule has 0 fully saturated rings. The van der Waals surface area contributed by atoms with Crippen molar-refractivity contribution in [3.8, 4) is 0 Å². The highest BCUT2D eigenvalue weighted by Gasteiger charge is 1.94. The summed E-state index contributed by atoms with van der Waals surface area (Å²) < 4.78 is 0. The second-order valence-corrected chi connectivity index (χ2v) is 3.25. The van der Waals surface area contributed by atoms with Crippen LogP contribution in [0.3, 0.4) is 0 Å². The van der Waals surface area contributed by atoms with Gasteiger partial charge >= 0.3 is 0 Å². The molecule has 3 heteroatoms. The Kier molecular flexibility index (Phi) is 11.5. The molecule has 0 saturated heterocycles. The van der Waals surface area contributed by atoms with Gasteiger partial charge in [-0.2, -0.15) is 0 Å². The summed E-state index contributed by atoms with van der Waals surface area (Å²) >= 11 is 0. The zero-order valence-corrected chi connectivity index (χ0v) is 12.4. The average molecular weight is 259 g/mol. The Morgan fingerprint density at radius 3 is 1.47 bits per heavy atom. The van der Waals surface area contributed by atoms with E-state index < -0.39 is 0 Å². The van der Waals surface area contributed by atoms with Gasteiger partial charge in [-0.15, -0.1) is 0 Å². The quantitative estimate of drug-likeness (QED) is 0.907. The molecule has 0 amide bonds. The summed E-state index contributed by atoms with van der Waals surface area (Å²) in [5, 5.41) is 3.29. The van der Waals surface area contributed by atoms with Crippen LogP contribution < -0.4 is 5.32 Å². The molecule has 0 spiro atoms. The van der Waals surface area contributed by atoms with Crippen molar-refractivity contribution in [2.75, 3.05) is 0 Å². The first kappa shape index (κ1) is 17.3. The third kappa shape index (κ3) is 8.06. The lowest BCUT2D eigenvalue weighted by atomic mass is 10.3. The van der Waals surface area contributed by atoms with Gasteiger partial charge in [0.2, 0.25) is 0 Å². The summed E-state index contributed by atoms with van der Waals surface area (Å²) in [6.07, 6.45) is 3.61. The molecule has 2 aromatic rings. The highest BCUT2D eigenvalue weighted by molar-refractivity contribution is 5.05. The second kappa shape index (κ2) is 12.7. The molecule has 0 bridgehead atoms. The van der Waals surface area contributed by atoms with Crippen LogP contribution >= 0.6 is 0 Å². The Hall–Kier alpha value is -1.74. The number of pyridine rings is 2. The molecule has 0 aromatic carbocycles. The summed E-state index contributed by atoms with van der Waals surface area (Å²) in [5.74, 6) is 0. The van der Waals surface area contributed by atoms with Gasteiger partial charge in [0.05, 0.1) is 11.4 Å². The summed E-state index contributed by atoms with van der Waals surface area (Å²) in [6, 6.07) is 11.8. The minimum Gasteiger partial charge on any atom is -0.306 e. The molecule has 1 N–H and O–H groups in total. The van der Waals surface area contributed by atoms with Crippen LogP contribution in [0.5, 0.6) is 0 Å². The van der Waals surface area contributed by atoms with Gasteiger partial charge in [-0.3, -0.25) is 9.97 Å². The fourth-order valence-electron chi connectivity index (χ4n) is 1.32. The molecule has 2 aromatic heterocycles. The highest BCUT2D eigenvalue weighted by atomic mass is 14.9. The Bertz CT molecular complexity index is 348.